The van der Waals surface area contributed by atoms with Crippen molar-refractivity contribution in [1.29, 1.82) is 0 Å². The zero-order chi connectivity index (χ0) is 17.4. The molecule has 1 spiro atoms. The lowest BCUT2D eigenvalue weighted by Gasteiger charge is -2.41. The zero-order valence-electron chi connectivity index (χ0n) is 14.6. The largest absolute Gasteiger partial charge is 0.509 e. The lowest BCUT2D eigenvalue weighted by molar-refractivity contribution is -0.141. The van der Waals surface area contributed by atoms with Gasteiger partial charge in [0.15, 0.2) is 5.60 Å². The molecule has 2 saturated heterocycles. The van der Waals surface area contributed by atoms with E-state index in [1.807, 2.05) is 11.0 Å². The van der Waals surface area contributed by atoms with Crippen LogP contribution in [0.5, 0.6) is 0 Å². The van der Waals surface area contributed by atoms with Gasteiger partial charge in [-0.25, -0.2) is 4.79 Å². The normalized spacial score (nSPS) is 25.4. The van der Waals surface area contributed by atoms with E-state index in [1.54, 1.807) is 0 Å². The van der Waals surface area contributed by atoms with Crippen LogP contribution in [0.15, 0.2) is 24.3 Å². The molecule has 0 bridgehead atoms. The van der Waals surface area contributed by atoms with E-state index in [-0.39, 0.29) is 11.9 Å². The van der Waals surface area contributed by atoms with Gasteiger partial charge in [-0.05, 0) is 24.1 Å². The van der Waals surface area contributed by atoms with Gasteiger partial charge >= 0.3 is 6.16 Å². The Bertz CT molecular complexity index is 682. The standard InChI is InChI=1S/C19H24N2O4/c1-2-20-12-15-6-4-3-5-14(15)11-16(20)17(22)21-9-7-19(8-10-21)13-24-18(23)25-19/h3-6,16H,2,7-13H2,1H3. The lowest BCUT2D eigenvalue weighted by atomic mass is 9.90. The summed E-state index contributed by atoms with van der Waals surface area (Å²) in [4.78, 5) is 28.6. The predicted octanol–water partition coefficient (Wildman–Crippen LogP) is 1.96. The highest BCUT2D eigenvalue weighted by atomic mass is 16.8. The molecule has 1 aromatic carbocycles. The molecular formula is C19H24N2O4. The predicted molar refractivity (Wildman–Crippen MR) is 91.0 cm³/mol. The monoisotopic (exact) mass is 344 g/mol. The van der Waals surface area contributed by atoms with Crippen LogP contribution in [0.25, 0.3) is 0 Å². The number of carbonyl (C=O) groups is 2. The van der Waals surface area contributed by atoms with Gasteiger partial charge in [0, 0.05) is 32.5 Å². The fraction of sp³-hybridized carbons (Fsp3) is 0.579. The molecule has 3 heterocycles. The fourth-order valence-electron chi connectivity index (χ4n) is 4.17. The van der Waals surface area contributed by atoms with E-state index in [2.05, 4.69) is 30.0 Å². The summed E-state index contributed by atoms with van der Waals surface area (Å²) in [5.41, 5.74) is 2.08. The van der Waals surface area contributed by atoms with Crippen LogP contribution >= 0.6 is 0 Å². The summed E-state index contributed by atoms with van der Waals surface area (Å²) in [6.45, 7) is 5.33. The second kappa shape index (κ2) is 6.33. The van der Waals surface area contributed by atoms with Gasteiger partial charge in [0.25, 0.3) is 0 Å². The zero-order valence-corrected chi connectivity index (χ0v) is 14.6. The van der Waals surface area contributed by atoms with E-state index < -0.39 is 11.8 Å². The van der Waals surface area contributed by atoms with Crippen LogP contribution in [0, 0.1) is 0 Å². The van der Waals surface area contributed by atoms with Crippen LogP contribution < -0.4 is 0 Å². The Labute approximate surface area is 147 Å². The average Bonchev–Trinajstić information content (AvgIpc) is 3.00. The minimum Gasteiger partial charge on any atom is -0.430 e. The van der Waals surface area contributed by atoms with Crippen LogP contribution in [0.2, 0.25) is 0 Å². The number of hydrogen-bond acceptors (Lipinski definition) is 5. The molecule has 134 valence electrons. The van der Waals surface area contributed by atoms with Crippen LogP contribution in [0.1, 0.15) is 30.9 Å². The highest BCUT2D eigenvalue weighted by molar-refractivity contribution is 5.82. The van der Waals surface area contributed by atoms with Crippen molar-refractivity contribution >= 4 is 12.1 Å². The van der Waals surface area contributed by atoms with Crippen molar-refractivity contribution in [3.8, 4) is 0 Å². The number of ether oxygens (including phenoxy) is 2. The molecule has 6 nitrogen and oxygen atoms in total. The minimum atomic E-state index is -0.583. The van der Waals surface area contributed by atoms with E-state index in [0.717, 1.165) is 19.5 Å². The van der Waals surface area contributed by atoms with Gasteiger partial charge in [-0.1, -0.05) is 31.2 Å². The molecule has 1 aromatic rings. The molecule has 3 aliphatic heterocycles. The van der Waals surface area contributed by atoms with E-state index in [1.165, 1.54) is 11.1 Å². The molecule has 0 radical (unpaired) electrons. The topological polar surface area (TPSA) is 59.1 Å². The van der Waals surface area contributed by atoms with Crippen molar-refractivity contribution in [2.45, 2.75) is 44.4 Å². The second-order valence-electron chi connectivity index (χ2n) is 7.20. The summed E-state index contributed by atoms with van der Waals surface area (Å²) in [7, 11) is 0. The number of hydrogen-bond donors (Lipinski definition) is 0. The molecule has 1 unspecified atom stereocenters. The highest BCUT2D eigenvalue weighted by Gasteiger charge is 2.46. The van der Waals surface area contributed by atoms with Crippen LogP contribution in [-0.4, -0.2) is 59.7 Å². The summed E-state index contributed by atoms with van der Waals surface area (Å²) < 4.78 is 10.3. The highest BCUT2D eigenvalue weighted by Crippen LogP contribution is 2.33. The number of carbonyl (C=O) groups excluding carboxylic acids is 2. The third-order valence-corrected chi connectivity index (χ3v) is 5.78. The maximum atomic E-state index is 13.1. The molecule has 0 aliphatic carbocycles. The first-order valence-electron chi connectivity index (χ1n) is 9.06. The third-order valence-electron chi connectivity index (χ3n) is 5.78. The smallest absolute Gasteiger partial charge is 0.430 e. The number of likely N-dealkylation sites (N-methyl/N-ethyl adjacent to an activating group) is 1. The molecule has 1 atom stereocenters. The maximum Gasteiger partial charge on any atom is 0.509 e. The van der Waals surface area contributed by atoms with Crippen molar-refractivity contribution < 1.29 is 19.1 Å². The SMILES string of the molecule is CCN1Cc2ccccc2CC1C(=O)N1CCC2(CC1)COC(=O)O2. The number of amides is 1. The summed E-state index contributed by atoms with van der Waals surface area (Å²) in [6, 6.07) is 8.28. The summed E-state index contributed by atoms with van der Waals surface area (Å²) in [5, 5.41) is 0. The van der Waals surface area contributed by atoms with E-state index in [4.69, 9.17) is 9.47 Å². The van der Waals surface area contributed by atoms with Gasteiger partial charge in [0.1, 0.15) is 6.61 Å². The van der Waals surface area contributed by atoms with E-state index >= 15 is 0 Å². The Morgan fingerprint density at radius 2 is 1.96 bits per heavy atom. The minimum absolute atomic E-state index is 0.101. The van der Waals surface area contributed by atoms with Gasteiger partial charge in [0.05, 0.1) is 6.04 Å². The molecule has 4 rings (SSSR count). The number of benzene rings is 1. The number of rotatable bonds is 2. The maximum absolute atomic E-state index is 13.1. The van der Waals surface area contributed by atoms with Crippen molar-refractivity contribution in [2.24, 2.45) is 0 Å². The molecule has 2 fully saturated rings. The number of nitrogens with zero attached hydrogens (tertiary/aromatic N) is 2. The van der Waals surface area contributed by atoms with Gasteiger partial charge in [-0.15, -0.1) is 0 Å². The Hall–Kier alpha value is -2.08. The number of fused-ring (bicyclic) bond motifs is 1. The Balaban J connectivity index is 1.45. The van der Waals surface area contributed by atoms with Crippen LogP contribution in [0.3, 0.4) is 0 Å². The Morgan fingerprint density at radius 1 is 1.24 bits per heavy atom. The third kappa shape index (κ3) is 2.99. The first-order chi connectivity index (χ1) is 12.1. The van der Waals surface area contributed by atoms with Crippen molar-refractivity contribution in [3.63, 3.8) is 0 Å². The Kier molecular flexibility index (Phi) is 4.15. The van der Waals surface area contributed by atoms with Crippen molar-refractivity contribution in [1.82, 2.24) is 9.80 Å². The van der Waals surface area contributed by atoms with E-state index in [0.29, 0.717) is 32.5 Å². The molecule has 3 aliphatic rings. The van der Waals surface area contributed by atoms with Gasteiger partial charge in [-0.2, -0.15) is 0 Å². The number of piperidine rings is 1. The molecule has 0 aromatic heterocycles. The lowest BCUT2D eigenvalue weighted by Crippen LogP contribution is -2.55. The molecule has 0 saturated carbocycles. The Morgan fingerprint density at radius 3 is 2.60 bits per heavy atom. The van der Waals surface area contributed by atoms with Crippen LogP contribution in [0.4, 0.5) is 4.79 Å². The first-order valence-corrected chi connectivity index (χ1v) is 9.06. The molecule has 0 N–H and O–H groups in total. The fourth-order valence-corrected chi connectivity index (χ4v) is 4.17. The van der Waals surface area contributed by atoms with Gasteiger partial charge < -0.3 is 14.4 Å². The molecule has 1 amide bonds. The van der Waals surface area contributed by atoms with Crippen LogP contribution in [-0.2, 0) is 27.2 Å². The van der Waals surface area contributed by atoms with Gasteiger partial charge in [-0.3, -0.25) is 9.69 Å². The molecule has 6 heteroatoms. The average molecular weight is 344 g/mol. The molecule has 25 heavy (non-hydrogen) atoms. The van der Waals surface area contributed by atoms with Crippen molar-refractivity contribution in [3.05, 3.63) is 35.4 Å². The van der Waals surface area contributed by atoms with Gasteiger partial charge in [0.2, 0.25) is 5.91 Å². The first kappa shape index (κ1) is 16.4. The second-order valence-corrected chi connectivity index (χ2v) is 7.20. The van der Waals surface area contributed by atoms with Crippen molar-refractivity contribution in [2.75, 3.05) is 26.2 Å². The number of likely N-dealkylation sites (tertiary alicyclic amines) is 1. The van der Waals surface area contributed by atoms with E-state index in [9.17, 15) is 9.59 Å². The summed E-state index contributed by atoms with van der Waals surface area (Å²) >= 11 is 0. The number of cyclic esters (lactones) is 1. The summed E-state index contributed by atoms with van der Waals surface area (Å²) in [5.74, 6) is 0.191. The quantitative estimate of drug-likeness (QED) is 0.768. The summed E-state index contributed by atoms with van der Waals surface area (Å²) in [6.07, 6.45) is 1.49. The molecular weight excluding hydrogens is 320 g/mol.